The van der Waals surface area contributed by atoms with Gasteiger partial charge in [0.1, 0.15) is 11.6 Å². The highest BCUT2D eigenvalue weighted by molar-refractivity contribution is 5.82. The van der Waals surface area contributed by atoms with Gasteiger partial charge in [0, 0.05) is 19.4 Å². The summed E-state index contributed by atoms with van der Waals surface area (Å²) in [6.07, 6.45) is 3.73. The first-order valence-electron chi connectivity index (χ1n) is 8.60. The van der Waals surface area contributed by atoms with Crippen molar-refractivity contribution in [2.45, 2.75) is 18.9 Å². The molecule has 2 aromatic carbocycles. The van der Waals surface area contributed by atoms with E-state index in [2.05, 4.69) is 10.3 Å². The molecule has 1 aliphatic rings. The number of benzene rings is 2. The minimum Gasteiger partial charge on any atom is -0.484 e. The van der Waals surface area contributed by atoms with Crippen molar-refractivity contribution in [2.75, 3.05) is 19.8 Å². The number of para-hydroxylation sites is 1. The molecule has 0 saturated carbocycles. The zero-order chi connectivity index (χ0) is 18.2. The van der Waals surface area contributed by atoms with E-state index in [1.54, 1.807) is 48.7 Å². The monoisotopic (exact) mass is 356 g/mol. The lowest BCUT2D eigenvalue weighted by Gasteiger charge is -2.11. The molecule has 1 amide bonds. The summed E-state index contributed by atoms with van der Waals surface area (Å²) in [5.41, 5.74) is 1.10. The van der Waals surface area contributed by atoms with Crippen molar-refractivity contribution in [3.8, 4) is 5.75 Å². The number of nitrogens with one attached hydrogen (secondary N) is 1. The minimum atomic E-state index is -0.363. The fourth-order valence-electron chi connectivity index (χ4n) is 2.58. The summed E-state index contributed by atoms with van der Waals surface area (Å²) in [7, 11) is 0. The normalized spacial score (nSPS) is 16.7. The lowest BCUT2D eigenvalue weighted by atomic mass is 10.2. The van der Waals surface area contributed by atoms with Crippen molar-refractivity contribution in [3.05, 3.63) is 59.9 Å². The molecule has 1 saturated heterocycles. The van der Waals surface area contributed by atoms with Gasteiger partial charge in [0.25, 0.3) is 5.91 Å². The Balaban J connectivity index is 1.45. The summed E-state index contributed by atoms with van der Waals surface area (Å²) >= 11 is 0. The predicted octanol–water partition coefficient (Wildman–Crippen LogP) is 3.25. The SMILES string of the molecule is O=C(COc1ccc(C=Nc2ccccc2F)cc1)NC[C@H]1CCCO1. The highest BCUT2D eigenvalue weighted by Gasteiger charge is 2.16. The van der Waals surface area contributed by atoms with Crippen LogP contribution in [0.4, 0.5) is 10.1 Å². The molecule has 6 heteroatoms. The number of rotatable bonds is 7. The Morgan fingerprint density at radius 1 is 1.27 bits per heavy atom. The van der Waals surface area contributed by atoms with Gasteiger partial charge in [-0.3, -0.25) is 9.79 Å². The van der Waals surface area contributed by atoms with E-state index in [4.69, 9.17) is 9.47 Å². The van der Waals surface area contributed by atoms with Gasteiger partial charge in [-0.15, -0.1) is 0 Å². The topological polar surface area (TPSA) is 59.9 Å². The van der Waals surface area contributed by atoms with Crippen LogP contribution in [-0.4, -0.2) is 38.0 Å². The molecular weight excluding hydrogens is 335 g/mol. The first kappa shape index (κ1) is 18.1. The highest BCUT2D eigenvalue weighted by Crippen LogP contribution is 2.17. The molecular formula is C20H21FN2O3. The van der Waals surface area contributed by atoms with Crippen LogP contribution in [0.3, 0.4) is 0 Å². The third-order valence-electron chi connectivity index (χ3n) is 4.01. The van der Waals surface area contributed by atoms with Gasteiger partial charge in [-0.1, -0.05) is 12.1 Å². The Labute approximate surface area is 151 Å². The molecule has 0 spiro atoms. The average Bonchev–Trinajstić information content (AvgIpc) is 3.18. The molecule has 1 aliphatic heterocycles. The number of amides is 1. The Hall–Kier alpha value is -2.73. The maximum atomic E-state index is 13.5. The zero-order valence-corrected chi connectivity index (χ0v) is 14.4. The second kappa shape index (κ2) is 9.10. The largest absolute Gasteiger partial charge is 0.484 e. The van der Waals surface area contributed by atoms with E-state index in [1.165, 1.54) is 6.07 Å². The van der Waals surface area contributed by atoms with Gasteiger partial charge >= 0.3 is 0 Å². The van der Waals surface area contributed by atoms with Crippen LogP contribution in [0, 0.1) is 5.82 Å². The Morgan fingerprint density at radius 2 is 2.08 bits per heavy atom. The summed E-state index contributed by atoms with van der Waals surface area (Å²) < 4.78 is 24.4. The molecule has 5 nitrogen and oxygen atoms in total. The molecule has 0 aromatic heterocycles. The average molecular weight is 356 g/mol. The number of carbonyl (C=O) groups excluding carboxylic acids is 1. The van der Waals surface area contributed by atoms with Crippen LogP contribution >= 0.6 is 0 Å². The molecule has 1 fully saturated rings. The Bertz CT molecular complexity index is 756. The molecule has 0 radical (unpaired) electrons. The molecule has 26 heavy (non-hydrogen) atoms. The molecule has 0 unspecified atom stereocenters. The molecule has 1 heterocycles. The number of nitrogens with zero attached hydrogens (tertiary/aromatic N) is 1. The van der Waals surface area contributed by atoms with Crippen molar-refractivity contribution >= 4 is 17.8 Å². The summed E-state index contributed by atoms with van der Waals surface area (Å²) in [5.74, 6) is 0.0451. The summed E-state index contributed by atoms with van der Waals surface area (Å²) in [4.78, 5) is 15.9. The molecule has 2 aromatic rings. The molecule has 1 atom stereocenters. The smallest absolute Gasteiger partial charge is 0.258 e. The van der Waals surface area contributed by atoms with E-state index in [1.807, 2.05) is 0 Å². The lowest BCUT2D eigenvalue weighted by molar-refractivity contribution is -0.123. The Kier molecular flexibility index (Phi) is 6.33. The maximum absolute atomic E-state index is 13.5. The van der Waals surface area contributed by atoms with Crippen LogP contribution < -0.4 is 10.1 Å². The van der Waals surface area contributed by atoms with Crippen molar-refractivity contribution in [2.24, 2.45) is 4.99 Å². The van der Waals surface area contributed by atoms with Crippen molar-refractivity contribution in [1.29, 1.82) is 0 Å². The number of hydrogen-bond donors (Lipinski definition) is 1. The number of hydrogen-bond acceptors (Lipinski definition) is 4. The summed E-state index contributed by atoms with van der Waals surface area (Å²) in [6, 6.07) is 13.4. The van der Waals surface area contributed by atoms with Crippen molar-refractivity contribution in [3.63, 3.8) is 0 Å². The van der Waals surface area contributed by atoms with Crippen LogP contribution in [0.2, 0.25) is 0 Å². The number of carbonyl (C=O) groups is 1. The number of halogens is 1. The van der Waals surface area contributed by atoms with Gasteiger partial charge in [0.05, 0.1) is 11.8 Å². The number of ether oxygens (including phenoxy) is 2. The molecule has 0 bridgehead atoms. The van der Waals surface area contributed by atoms with E-state index in [0.29, 0.717) is 12.3 Å². The third-order valence-corrected chi connectivity index (χ3v) is 4.01. The van der Waals surface area contributed by atoms with E-state index >= 15 is 0 Å². The van der Waals surface area contributed by atoms with E-state index in [0.717, 1.165) is 25.0 Å². The molecule has 136 valence electrons. The van der Waals surface area contributed by atoms with E-state index in [9.17, 15) is 9.18 Å². The first-order valence-corrected chi connectivity index (χ1v) is 8.60. The maximum Gasteiger partial charge on any atom is 0.258 e. The summed E-state index contributed by atoms with van der Waals surface area (Å²) in [5, 5.41) is 2.80. The molecule has 1 N–H and O–H groups in total. The second-order valence-corrected chi connectivity index (χ2v) is 6.01. The fraction of sp³-hybridized carbons (Fsp3) is 0.300. The molecule has 3 rings (SSSR count). The fourth-order valence-corrected chi connectivity index (χ4v) is 2.58. The van der Waals surface area contributed by atoms with Crippen LogP contribution in [0.5, 0.6) is 5.75 Å². The third kappa shape index (κ3) is 5.39. The first-order chi connectivity index (χ1) is 12.7. The van der Waals surface area contributed by atoms with E-state index in [-0.39, 0.29) is 30.1 Å². The van der Waals surface area contributed by atoms with Gasteiger partial charge in [-0.2, -0.15) is 0 Å². The predicted molar refractivity (Wildman–Crippen MR) is 97.6 cm³/mol. The van der Waals surface area contributed by atoms with Gasteiger partial charge in [0.15, 0.2) is 6.61 Å². The van der Waals surface area contributed by atoms with Gasteiger partial charge in [-0.25, -0.2) is 4.39 Å². The standard InChI is InChI=1S/C20H21FN2O3/c21-18-5-1-2-6-19(18)22-12-15-7-9-16(10-8-15)26-14-20(24)23-13-17-4-3-11-25-17/h1-2,5-10,12,17H,3-4,11,13-14H2,(H,23,24)/t17-/m1/s1. The van der Waals surface area contributed by atoms with Crippen LogP contribution in [0.15, 0.2) is 53.5 Å². The van der Waals surface area contributed by atoms with Crippen LogP contribution in [-0.2, 0) is 9.53 Å². The van der Waals surface area contributed by atoms with Gasteiger partial charge < -0.3 is 14.8 Å². The summed E-state index contributed by atoms with van der Waals surface area (Å²) in [6.45, 7) is 1.24. The number of aliphatic imine (C=N–C) groups is 1. The van der Waals surface area contributed by atoms with Crippen molar-refractivity contribution in [1.82, 2.24) is 5.32 Å². The van der Waals surface area contributed by atoms with Gasteiger partial charge in [0.2, 0.25) is 0 Å². The molecule has 0 aliphatic carbocycles. The zero-order valence-electron chi connectivity index (χ0n) is 14.4. The highest BCUT2D eigenvalue weighted by atomic mass is 19.1. The lowest BCUT2D eigenvalue weighted by Crippen LogP contribution is -2.35. The van der Waals surface area contributed by atoms with Crippen LogP contribution in [0.25, 0.3) is 0 Å². The van der Waals surface area contributed by atoms with Crippen molar-refractivity contribution < 1.29 is 18.7 Å². The quantitative estimate of drug-likeness (QED) is 0.775. The Morgan fingerprint density at radius 3 is 2.81 bits per heavy atom. The van der Waals surface area contributed by atoms with E-state index < -0.39 is 0 Å². The van der Waals surface area contributed by atoms with Gasteiger partial charge in [-0.05, 0) is 54.8 Å². The van der Waals surface area contributed by atoms with Crippen LogP contribution in [0.1, 0.15) is 18.4 Å². The second-order valence-electron chi connectivity index (χ2n) is 6.01. The minimum absolute atomic E-state index is 0.0462.